The highest BCUT2D eigenvalue weighted by atomic mass is 32.1. The molecule has 4 aromatic rings. The number of aromatic nitrogens is 1. The Morgan fingerprint density at radius 1 is 0.760 bits per heavy atom. The second kappa shape index (κ2) is 6.10. The number of thiazole rings is 1. The van der Waals surface area contributed by atoms with Crippen LogP contribution >= 0.6 is 11.3 Å². The fourth-order valence-electron chi connectivity index (χ4n) is 3.58. The van der Waals surface area contributed by atoms with E-state index in [4.69, 9.17) is 4.98 Å². The second-order valence-electron chi connectivity index (χ2n) is 6.48. The van der Waals surface area contributed by atoms with Crippen molar-refractivity contribution in [2.24, 2.45) is 0 Å². The minimum absolute atomic E-state index is 0.375. The molecule has 1 aromatic heterocycles. The summed E-state index contributed by atoms with van der Waals surface area (Å²) in [6.45, 7) is 0.959. The summed E-state index contributed by atoms with van der Waals surface area (Å²) < 4.78 is 1.27. The minimum Gasteiger partial charge on any atom is -0.279 e. The summed E-state index contributed by atoms with van der Waals surface area (Å²) in [6, 6.07) is 30.7. The summed E-state index contributed by atoms with van der Waals surface area (Å²) in [5.74, 6) is 0. The Kier molecular flexibility index (Phi) is 3.62. The van der Waals surface area contributed by atoms with Crippen LogP contribution in [0.5, 0.6) is 0 Å². The van der Waals surface area contributed by atoms with Gasteiger partial charge in [0.25, 0.3) is 0 Å². The molecule has 1 aliphatic rings. The Hall–Kier alpha value is -2.49. The molecular formula is C22H18N2S. The monoisotopic (exact) mass is 342 g/mol. The number of hydrogen-bond acceptors (Lipinski definition) is 3. The molecule has 5 rings (SSSR count). The Morgan fingerprint density at radius 2 is 1.44 bits per heavy atom. The summed E-state index contributed by atoms with van der Waals surface area (Å²) in [5.41, 5.74) is 3.84. The van der Waals surface area contributed by atoms with Crippen LogP contribution in [0.25, 0.3) is 10.2 Å². The van der Waals surface area contributed by atoms with Crippen molar-refractivity contribution in [3.63, 3.8) is 0 Å². The van der Waals surface area contributed by atoms with Gasteiger partial charge in [0, 0.05) is 6.54 Å². The lowest BCUT2D eigenvalue weighted by Gasteiger charge is -2.04. The smallest absolute Gasteiger partial charge is 0.113 e. The van der Waals surface area contributed by atoms with Crippen molar-refractivity contribution in [1.29, 1.82) is 0 Å². The molecule has 0 saturated carbocycles. The van der Waals surface area contributed by atoms with E-state index in [0.717, 1.165) is 12.1 Å². The van der Waals surface area contributed by atoms with Crippen LogP contribution in [0.4, 0.5) is 0 Å². The van der Waals surface area contributed by atoms with Gasteiger partial charge < -0.3 is 0 Å². The molecule has 0 radical (unpaired) electrons. The van der Waals surface area contributed by atoms with Gasteiger partial charge in [-0.05, 0) is 23.3 Å². The molecule has 0 aliphatic carbocycles. The van der Waals surface area contributed by atoms with E-state index in [-0.39, 0.29) is 0 Å². The number of para-hydroxylation sites is 1. The lowest BCUT2D eigenvalue weighted by Crippen LogP contribution is -1.99. The molecule has 2 nitrogen and oxygen atoms in total. The summed E-state index contributed by atoms with van der Waals surface area (Å²) in [7, 11) is 0. The van der Waals surface area contributed by atoms with Crippen LogP contribution in [0.1, 0.15) is 28.2 Å². The largest absolute Gasteiger partial charge is 0.279 e. The fraction of sp³-hybridized carbons (Fsp3) is 0.136. The van der Waals surface area contributed by atoms with Crippen molar-refractivity contribution < 1.29 is 0 Å². The highest BCUT2D eigenvalue weighted by Crippen LogP contribution is 2.56. The third-order valence-corrected chi connectivity index (χ3v) is 5.94. The highest BCUT2D eigenvalue weighted by Gasteiger charge is 2.50. The maximum absolute atomic E-state index is 4.92. The standard InChI is InChI=1S/C22H18N2S/c1-3-9-16(10-4-1)15-24-20(17-11-5-2-6-12-17)21(24)22-23-18-13-7-8-14-19(18)25-22/h1-14,20-21H,15H2/t20-,21+,24?/m1/s1. The molecule has 1 aliphatic heterocycles. The zero-order valence-corrected chi connectivity index (χ0v) is 14.6. The molecule has 1 unspecified atom stereocenters. The van der Waals surface area contributed by atoms with Crippen LogP contribution in [-0.4, -0.2) is 9.88 Å². The van der Waals surface area contributed by atoms with Crippen molar-refractivity contribution in [2.45, 2.75) is 18.6 Å². The van der Waals surface area contributed by atoms with Crippen molar-refractivity contribution >= 4 is 21.6 Å². The van der Waals surface area contributed by atoms with E-state index in [9.17, 15) is 0 Å². The van der Waals surface area contributed by atoms with Crippen LogP contribution in [0.2, 0.25) is 0 Å². The third-order valence-electron chi connectivity index (χ3n) is 4.84. The first kappa shape index (κ1) is 14.8. The molecule has 0 N–H and O–H groups in total. The maximum atomic E-state index is 4.92. The minimum atomic E-state index is 0.375. The molecule has 0 amide bonds. The molecular weight excluding hydrogens is 324 g/mol. The molecule has 25 heavy (non-hydrogen) atoms. The first-order valence-corrected chi connectivity index (χ1v) is 9.42. The van der Waals surface area contributed by atoms with Crippen molar-refractivity contribution in [2.75, 3.05) is 0 Å². The van der Waals surface area contributed by atoms with Gasteiger partial charge in [-0.15, -0.1) is 11.3 Å². The quantitative estimate of drug-likeness (QED) is 0.449. The van der Waals surface area contributed by atoms with Crippen LogP contribution in [0.15, 0.2) is 84.9 Å². The predicted molar refractivity (Wildman–Crippen MR) is 104 cm³/mol. The summed E-state index contributed by atoms with van der Waals surface area (Å²) in [6.07, 6.45) is 0. The Balaban J connectivity index is 1.51. The topological polar surface area (TPSA) is 15.9 Å². The van der Waals surface area contributed by atoms with E-state index in [1.165, 1.54) is 20.8 Å². The Labute approximate surface area is 151 Å². The van der Waals surface area contributed by atoms with Gasteiger partial charge in [0.1, 0.15) is 5.01 Å². The molecule has 3 atom stereocenters. The summed E-state index contributed by atoms with van der Waals surface area (Å²) >= 11 is 1.83. The van der Waals surface area contributed by atoms with Crippen LogP contribution in [-0.2, 0) is 6.54 Å². The average molecular weight is 342 g/mol. The summed E-state index contributed by atoms with van der Waals surface area (Å²) in [4.78, 5) is 7.46. The van der Waals surface area contributed by atoms with Gasteiger partial charge in [0.15, 0.2) is 0 Å². The number of rotatable bonds is 4. The predicted octanol–water partition coefficient (Wildman–Crippen LogP) is 5.59. The van der Waals surface area contributed by atoms with Gasteiger partial charge in [-0.2, -0.15) is 0 Å². The molecule has 1 fully saturated rings. The first-order valence-electron chi connectivity index (χ1n) is 8.60. The van der Waals surface area contributed by atoms with Crippen LogP contribution < -0.4 is 0 Å². The lowest BCUT2D eigenvalue weighted by atomic mass is 10.1. The number of hydrogen-bond donors (Lipinski definition) is 0. The fourth-order valence-corrected chi connectivity index (χ4v) is 4.70. The third kappa shape index (κ3) is 2.76. The molecule has 0 spiro atoms. The average Bonchev–Trinajstić information content (AvgIpc) is 3.21. The lowest BCUT2D eigenvalue weighted by molar-refractivity contribution is 0.480. The van der Waals surface area contributed by atoms with Crippen molar-refractivity contribution in [3.05, 3.63) is 101 Å². The van der Waals surface area contributed by atoms with Crippen LogP contribution in [0.3, 0.4) is 0 Å². The second-order valence-corrected chi connectivity index (χ2v) is 7.54. The highest BCUT2D eigenvalue weighted by molar-refractivity contribution is 7.18. The van der Waals surface area contributed by atoms with Crippen molar-refractivity contribution in [1.82, 2.24) is 9.88 Å². The van der Waals surface area contributed by atoms with E-state index in [0.29, 0.717) is 12.1 Å². The van der Waals surface area contributed by atoms with E-state index >= 15 is 0 Å². The van der Waals surface area contributed by atoms with Gasteiger partial charge in [0.2, 0.25) is 0 Å². The molecule has 0 bridgehead atoms. The van der Waals surface area contributed by atoms with Crippen LogP contribution in [0, 0.1) is 0 Å². The van der Waals surface area contributed by atoms with Gasteiger partial charge in [-0.1, -0.05) is 72.8 Å². The normalized spacial score (nSPS) is 22.2. The Bertz CT molecular complexity index is 961. The zero-order valence-electron chi connectivity index (χ0n) is 13.7. The number of benzene rings is 3. The maximum Gasteiger partial charge on any atom is 0.113 e. The van der Waals surface area contributed by atoms with Gasteiger partial charge in [-0.3, -0.25) is 4.90 Å². The van der Waals surface area contributed by atoms with Crippen molar-refractivity contribution in [3.8, 4) is 0 Å². The first-order chi connectivity index (χ1) is 12.4. The van der Waals surface area contributed by atoms with Gasteiger partial charge >= 0.3 is 0 Å². The van der Waals surface area contributed by atoms with Gasteiger partial charge in [-0.25, -0.2) is 4.98 Å². The number of nitrogens with zero attached hydrogens (tertiary/aromatic N) is 2. The molecule has 3 aromatic carbocycles. The molecule has 122 valence electrons. The number of fused-ring (bicyclic) bond motifs is 1. The van der Waals surface area contributed by atoms with E-state index in [1.54, 1.807) is 0 Å². The van der Waals surface area contributed by atoms with E-state index < -0.39 is 0 Å². The molecule has 1 saturated heterocycles. The molecule has 3 heteroatoms. The van der Waals surface area contributed by atoms with E-state index in [1.807, 2.05) is 11.3 Å². The summed E-state index contributed by atoms with van der Waals surface area (Å²) in [5, 5.41) is 1.23. The zero-order chi connectivity index (χ0) is 16.6. The molecule has 2 heterocycles. The SMILES string of the molecule is c1ccc(CN2[C@H](c3ccccc3)[C@H]2c2nc3ccccc3s2)cc1. The van der Waals surface area contributed by atoms with Gasteiger partial charge in [0.05, 0.1) is 22.3 Å². The Morgan fingerprint density at radius 3 is 2.20 bits per heavy atom. The van der Waals surface area contributed by atoms with E-state index in [2.05, 4.69) is 89.8 Å².